The van der Waals surface area contributed by atoms with Crippen molar-refractivity contribution in [3.05, 3.63) is 45.3 Å². The Labute approximate surface area is 87.5 Å². The Balaban J connectivity index is 2.92. The summed E-state index contributed by atoms with van der Waals surface area (Å²) in [7, 11) is 0. The minimum Gasteiger partial charge on any atom is -0.422 e. The summed E-state index contributed by atoms with van der Waals surface area (Å²) in [6, 6.07) is 5.75. The largest absolute Gasteiger partial charge is 0.422 e. The highest BCUT2D eigenvalue weighted by atomic mass is 16.4. The summed E-state index contributed by atoms with van der Waals surface area (Å²) in [5.41, 5.74) is 8.45. The van der Waals surface area contributed by atoms with Crippen LogP contribution >= 0.6 is 0 Å². The fraction of sp³-hybridized carbons (Fsp3) is 0.250. The van der Waals surface area contributed by atoms with Gasteiger partial charge in [-0.2, -0.15) is 0 Å². The van der Waals surface area contributed by atoms with Crippen LogP contribution in [-0.4, -0.2) is 0 Å². The van der Waals surface area contributed by atoms with Crippen LogP contribution in [0.25, 0.3) is 11.0 Å². The molecule has 3 nitrogen and oxygen atoms in total. The third kappa shape index (κ3) is 1.55. The van der Waals surface area contributed by atoms with Crippen LogP contribution < -0.4 is 11.4 Å². The van der Waals surface area contributed by atoms with Crippen molar-refractivity contribution in [2.75, 3.05) is 0 Å². The SMILES string of the molecule is Cc1ccc2oc(=O)c(CN)c(C)c2c1. The highest BCUT2D eigenvalue weighted by molar-refractivity contribution is 5.81. The average Bonchev–Trinajstić information content (AvgIpc) is 2.20. The van der Waals surface area contributed by atoms with Gasteiger partial charge in [0.15, 0.2) is 0 Å². The summed E-state index contributed by atoms with van der Waals surface area (Å²) < 4.78 is 5.18. The van der Waals surface area contributed by atoms with Gasteiger partial charge in [0, 0.05) is 11.9 Å². The molecular weight excluding hydrogens is 190 g/mol. The van der Waals surface area contributed by atoms with Gasteiger partial charge in [0.25, 0.3) is 0 Å². The van der Waals surface area contributed by atoms with Crippen LogP contribution in [0.3, 0.4) is 0 Å². The van der Waals surface area contributed by atoms with Crippen LogP contribution in [0.15, 0.2) is 27.4 Å². The molecule has 1 heterocycles. The summed E-state index contributed by atoms with van der Waals surface area (Å²) in [5.74, 6) is 0. The van der Waals surface area contributed by atoms with Gasteiger partial charge in [-0.1, -0.05) is 11.6 Å². The van der Waals surface area contributed by atoms with E-state index in [9.17, 15) is 4.79 Å². The molecule has 78 valence electrons. The van der Waals surface area contributed by atoms with Gasteiger partial charge in [0.1, 0.15) is 5.58 Å². The van der Waals surface area contributed by atoms with Gasteiger partial charge in [0.2, 0.25) is 0 Å². The summed E-state index contributed by atoms with van der Waals surface area (Å²) in [4.78, 5) is 11.5. The third-order valence-corrected chi connectivity index (χ3v) is 2.64. The molecule has 2 rings (SSSR count). The van der Waals surface area contributed by atoms with E-state index in [1.807, 2.05) is 32.0 Å². The van der Waals surface area contributed by atoms with E-state index in [1.54, 1.807) is 0 Å². The van der Waals surface area contributed by atoms with E-state index in [-0.39, 0.29) is 12.2 Å². The third-order valence-electron chi connectivity index (χ3n) is 2.64. The zero-order chi connectivity index (χ0) is 11.0. The summed E-state index contributed by atoms with van der Waals surface area (Å²) in [5, 5.41) is 0.968. The Morgan fingerprint density at radius 1 is 1.33 bits per heavy atom. The molecule has 0 aliphatic heterocycles. The van der Waals surface area contributed by atoms with Gasteiger partial charge in [-0.05, 0) is 31.5 Å². The van der Waals surface area contributed by atoms with Crippen LogP contribution in [0, 0.1) is 13.8 Å². The second-order valence-electron chi connectivity index (χ2n) is 3.70. The molecule has 0 radical (unpaired) electrons. The maximum absolute atomic E-state index is 11.5. The van der Waals surface area contributed by atoms with Crippen molar-refractivity contribution in [3.8, 4) is 0 Å². The molecule has 0 aliphatic rings. The van der Waals surface area contributed by atoms with Gasteiger partial charge in [0.05, 0.1) is 5.56 Å². The predicted molar refractivity (Wildman–Crippen MR) is 59.8 cm³/mol. The molecule has 2 aromatic rings. The topological polar surface area (TPSA) is 56.2 Å². The molecule has 0 bridgehead atoms. The van der Waals surface area contributed by atoms with E-state index in [2.05, 4.69) is 0 Å². The quantitative estimate of drug-likeness (QED) is 0.720. The molecule has 15 heavy (non-hydrogen) atoms. The first kappa shape index (κ1) is 9.93. The second-order valence-corrected chi connectivity index (χ2v) is 3.70. The van der Waals surface area contributed by atoms with Gasteiger partial charge in [-0.3, -0.25) is 0 Å². The maximum Gasteiger partial charge on any atom is 0.341 e. The predicted octanol–water partition coefficient (Wildman–Crippen LogP) is 1.87. The van der Waals surface area contributed by atoms with E-state index >= 15 is 0 Å². The van der Waals surface area contributed by atoms with Crippen LogP contribution in [0.4, 0.5) is 0 Å². The van der Waals surface area contributed by atoms with Crippen LogP contribution in [0.2, 0.25) is 0 Å². The second kappa shape index (κ2) is 3.51. The number of hydrogen-bond acceptors (Lipinski definition) is 3. The van der Waals surface area contributed by atoms with Gasteiger partial charge < -0.3 is 10.2 Å². The maximum atomic E-state index is 11.5. The average molecular weight is 203 g/mol. The van der Waals surface area contributed by atoms with E-state index in [1.165, 1.54) is 0 Å². The molecule has 0 aliphatic carbocycles. The van der Waals surface area contributed by atoms with Gasteiger partial charge >= 0.3 is 5.63 Å². The lowest BCUT2D eigenvalue weighted by Crippen LogP contribution is -2.14. The number of fused-ring (bicyclic) bond motifs is 1. The standard InChI is InChI=1S/C12H13NO2/c1-7-3-4-11-9(5-7)8(2)10(6-13)12(14)15-11/h3-5H,6,13H2,1-2H3. The summed E-state index contributed by atoms with van der Waals surface area (Å²) in [6.07, 6.45) is 0. The van der Waals surface area contributed by atoms with Crippen molar-refractivity contribution in [2.24, 2.45) is 5.73 Å². The molecular formula is C12H13NO2. The smallest absolute Gasteiger partial charge is 0.341 e. The van der Waals surface area contributed by atoms with Crippen molar-refractivity contribution in [2.45, 2.75) is 20.4 Å². The number of nitrogens with two attached hydrogens (primary N) is 1. The van der Waals surface area contributed by atoms with Crippen molar-refractivity contribution >= 4 is 11.0 Å². The fourth-order valence-corrected chi connectivity index (χ4v) is 1.74. The minimum absolute atomic E-state index is 0.220. The highest BCUT2D eigenvalue weighted by Gasteiger charge is 2.09. The molecule has 0 fully saturated rings. The van der Waals surface area contributed by atoms with E-state index in [4.69, 9.17) is 10.2 Å². The van der Waals surface area contributed by atoms with Crippen molar-refractivity contribution in [1.29, 1.82) is 0 Å². The highest BCUT2D eigenvalue weighted by Crippen LogP contribution is 2.20. The molecule has 0 unspecified atom stereocenters. The molecule has 0 atom stereocenters. The fourth-order valence-electron chi connectivity index (χ4n) is 1.74. The minimum atomic E-state index is -0.327. The Hall–Kier alpha value is -1.61. The molecule has 1 aromatic heterocycles. The van der Waals surface area contributed by atoms with E-state index in [0.29, 0.717) is 11.1 Å². The number of rotatable bonds is 1. The van der Waals surface area contributed by atoms with E-state index in [0.717, 1.165) is 16.5 Å². The summed E-state index contributed by atoms with van der Waals surface area (Å²) >= 11 is 0. The van der Waals surface area contributed by atoms with Crippen LogP contribution in [-0.2, 0) is 6.54 Å². The first-order valence-corrected chi connectivity index (χ1v) is 4.86. The molecule has 1 aromatic carbocycles. The molecule has 2 N–H and O–H groups in total. The molecule has 0 saturated heterocycles. The van der Waals surface area contributed by atoms with Crippen molar-refractivity contribution < 1.29 is 4.42 Å². The van der Waals surface area contributed by atoms with Gasteiger partial charge in [-0.25, -0.2) is 4.79 Å². The Morgan fingerprint density at radius 2 is 2.07 bits per heavy atom. The lowest BCUT2D eigenvalue weighted by Gasteiger charge is -2.05. The first-order valence-electron chi connectivity index (χ1n) is 4.86. The zero-order valence-corrected chi connectivity index (χ0v) is 8.83. The van der Waals surface area contributed by atoms with E-state index < -0.39 is 0 Å². The van der Waals surface area contributed by atoms with Crippen molar-refractivity contribution in [1.82, 2.24) is 0 Å². The molecule has 0 spiro atoms. The van der Waals surface area contributed by atoms with Crippen molar-refractivity contribution in [3.63, 3.8) is 0 Å². The number of hydrogen-bond donors (Lipinski definition) is 1. The summed E-state index contributed by atoms with van der Waals surface area (Å²) in [6.45, 7) is 4.13. The Bertz CT molecular complexity index is 570. The van der Waals surface area contributed by atoms with Gasteiger partial charge in [-0.15, -0.1) is 0 Å². The van der Waals surface area contributed by atoms with Crippen LogP contribution in [0.1, 0.15) is 16.7 Å². The molecule has 0 amide bonds. The normalized spacial score (nSPS) is 10.9. The lowest BCUT2D eigenvalue weighted by molar-refractivity contribution is 0.549. The number of benzene rings is 1. The zero-order valence-electron chi connectivity index (χ0n) is 8.83. The Kier molecular flexibility index (Phi) is 2.32. The molecule has 0 saturated carbocycles. The lowest BCUT2D eigenvalue weighted by atomic mass is 10.0. The Morgan fingerprint density at radius 3 is 2.73 bits per heavy atom. The monoisotopic (exact) mass is 203 g/mol. The number of aryl methyl sites for hydroxylation is 2. The first-order chi connectivity index (χ1) is 7.13. The van der Waals surface area contributed by atoms with Crippen LogP contribution in [0.5, 0.6) is 0 Å². The molecule has 3 heteroatoms.